The highest BCUT2D eigenvalue weighted by Gasteiger charge is 2.15. The van der Waals surface area contributed by atoms with E-state index in [0.717, 1.165) is 6.07 Å². The summed E-state index contributed by atoms with van der Waals surface area (Å²) in [7, 11) is 0. The molecule has 2 aromatic carbocycles. The maximum Gasteiger partial charge on any atom is 0.387 e. The molecule has 0 aliphatic heterocycles. The zero-order valence-corrected chi connectivity index (χ0v) is 13.5. The minimum Gasteiger partial charge on any atom is -0.435 e. The zero-order valence-electron chi connectivity index (χ0n) is 13.5. The molecule has 0 spiro atoms. The minimum absolute atomic E-state index is 0.00673. The summed E-state index contributed by atoms with van der Waals surface area (Å²) >= 11 is 0. The van der Waals surface area contributed by atoms with Crippen LogP contribution in [0.5, 0.6) is 5.75 Å². The van der Waals surface area contributed by atoms with Gasteiger partial charge in [0.2, 0.25) is 0 Å². The van der Waals surface area contributed by atoms with Crippen molar-refractivity contribution in [1.29, 1.82) is 0 Å². The first kappa shape index (κ1) is 18.0. The lowest BCUT2D eigenvalue weighted by atomic mass is 10.1. The van der Waals surface area contributed by atoms with Crippen LogP contribution in [0.3, 0.4) is 0 Å². The molecule has 0 unspecified atom stereocenters. The van der Waals surface area contributed by atoms with Crippen molar-refractivity contribution in [3.63, 3.8) is 0 Å². The predicted octanol–water partition coefficient (Wildman–Crippen LogP) is 1.60. The van der Waals surface area contributed by atoms with Crippen LogP contribution in [-0.4, -0.2) is 28.6 Å². The van der Waals surface area contributed by atoms with Crippen LogP contribution in [0.4, 0.5) is 8.78 Å². The van der Waals surface area contributed by atoms with Crippen molar-refractivity contribution in [2.24, 2.45) is 0 Å². The summed E-state index contributed by atoms with van der Waals surface area (Å²) in [5.41, 5.74) is 3.74. The van der Waals surface area contributed by atoms with Gasteiger partial charge >= 0.3 is 6.61 Å². The van der Waals surface area contributed by atoms with Gasteiger partial charge in [-0.2, -0.15) is 13.9 Å². The summed E-state index contributed by atoms with van der Waals surface area (Å²) in [6.45, 7) is -3.03. The number of rotatable bonds is 4. The van der Waals surface area contributed by atoms with E-state index >= 15 is 0 Å². The summed E-state index contributed by atoms with van der Waals surface area (Å²) in [4.78, 5) is 36.1. The van der Waals surface area contributed by atoms with E-state index in [9.17, 15) is 23.2 Å². The van der Waals surface area contributed by atoms with Crippen molar-refractivity contribution in [2.75, 3.05) is 0 Å². The molecule has 0 saturated carbocycles. The Morgan fingerprint density at radius 1 is 1.00 bits per heavy atom. The van der Waals surface area contributed by atoms with Crippen LogP contribution < -0.4 is 21.1 Å². The van der Waals surface area contributed by atoms with Gasteiger partial charge in [-0.1, -0.05) is 24.3 Å². The van der Waals surface area contributed by atoms with Gasteiger partial charge in [0.05, 0.1) is 5.39 Å². The van der Waals surface area contributed by atoms with Crippen molar-refractivity contribution in [3.05, 3.63) is 70.1 Å². The van der Waals surface area contributed by atoms with Gasteiger partial charge in [-0.05, 0) is 24.3 Å². The van der Waals surface area contributed by atoms with Gasteiger partial charge in [0.15, 0.2) is 5.69 Å². The summed E-state index contributed by atoms with van der Waals surface area (Å²) < 4.78 is 28.7. The van der Waals surface area contributed by atoms with Gasteiger partial charge in [-0.3, -0.25) is 25.2 Å². The molecule has 3 N–H and O–H groups in total. The average Bonchev–Trinajstić information content (AvgIpc) is 2.66. The number of aromatic nitrogens is 2. The van der Waals surface area contributed by atoms with Gasteiger partial charge in [0, 0.05) is 10.9 Å². The third kappa shape index (κ3) is 4.06. The highest BCUT2D eigenvalue weighted by molar-refractivity contribution is 6.05. The number of nitrogens with one attached hydrogen (secondary N) is 3. The first-order chi connectivity index (χ1) is 13.0. The van der Waals surface area contributed by atoms with Crippen LogP contribution in [0.15, 0.2) is 53.3 Å². The summed E-state index contributed by atoms with van der Waals surface area (Å²) in [6, 6.07) is 11.4. The molecule has 3 rings (SSSR count). The highest BCUT2D eigenvalue weighted by atomic mass is 19.3. The molecule has 10 heteroatoms. The van der Waals surface area contributed by atoms with Crippen LogP contribution in [-0.2, 0) is 0 Å². The van der Waals surface area contributed by atoms with E-state index in [4.69, 9.17) is 0 Å². The highest BCUT2D eigenvalue weighted by Crippen LogP contribution is 2.16. The normalized spacial score (nSPS) is 10.6. The molecule has 27 heavy (non-hydrogen) atoms. The van der Waals surface area contributed by atoms with Gasteiger partial charge < -0.3 is 4.74 Å². The van der Waals surface area contributed by atoms with Crippen molar-refractivity contribution < 1.29 is 23.1 Å². The summed E-state index contributed by atoms with van der Waals surface area (Å²) in [6.07, 6.45) is 0. The number of ether oxygens (including phenoxy) is 1. The third-order valence-electron chi connectivity index (χ3n) is 3.52. The van der Waals surface area contributed by atoms with Crippen molar-refractivity contribution >= 4 is 22.6 Å². The van der Waals surface area contributed by atoms with Crippen LogP contribution in [0.1, 0.15) is 20.8 Å². The topological polar surface area (TPSA) is 113 Å². The molecule has 1 aromatic heterocycles. The van der Waals surface area contributed by atoms with Crippen molar-refractivity contribution in [1.82, 2.24) is 21.0 Å². The third-order valence-corrected chi connectivity index (χ3v) is 3.52. The number of fused-ring (bicyclic) bond motifs is 1. The van der Waals surface area contributed by atoms with E-state index in [1.54, 1.807) is 18.2 Å². The number of nitrogens with zero attached hydrogens (tertiary/aromatic N) is 1. The number of H-pyrrole nitrogens is 1. The lowest BCUT2D eigenvalue weighted by Crippen LogP contribution is -2.42. The molecule has 0 fully saturated rings. The Morgan fingerprint density at radius 3 is 2.44 bits per heavy atom. The summed E-state index contributed by atoms with van der Waals surface area (Å²) in [5.74, 6) is -1.72. The molecule has 0 aliphatic carbocycles. The second kappa shape index (κ2) is 7.60. The number of alkyl halides is 2. The number of carbonyl (C=O) groups is 2. The first-order valence-corrected chi connectivity index (χ1v) is 7.58. The Balaban J connectivity index is 1.74. The molecule has 2 amide bonds. The smallest absolute Gasteiger partial charge is 0.387 e. The van der Waals surface area contributed by atoms with E-state index in [1.165, 1.54) is 24.3 Å². The molecule has 0 radical (unpaired) electrons. The number of benzene rings is 2. The van der Waals surface area contributed by atoms with Gasteiger partial charge in [0.1, 0.15) is 5.75 Å². The van der Waals surface area contributed by atoms with Crippen molar-refractivity contribution in [3.8, 4) is 5.75 Å². The Kier molecular flexibility index (Phi) is 5.06. The van der Waals surface area contributed by atoms with Gasteiger partial charge in [0.25, 0.3) is 17.4 Å². The van der Waals surface area contributed by atoms with Crippen molar-refractivity contribution in [2.45, 2.75) is 6.61 Å². The number of hydrazine groups is 1. The summed E-state index contributed by atoms with van der Waals surface area (Å²) in [5, 5.41) is 6.47. The first-order valence-electron chi connectivity index (χ1n) is 7.58. The quantitative estimate of drug-likeness (QED) is 0.601. The van der Waals surface area contributed by atoms with E-state index < -0.39 is 24.0 Å². The van der Waals surface area contributed by atoms with E-state index in [0.29, 0.717) is 5.39 Å². The monoisotopic (exact) mass is 374 g/mol. The second-order valence-electron chi connectivity index (χ2n) is 5.26. The Bertz CT molecular complexity index is 1070. The SMILES string of the molecule is O=C(NNC(=O)c1n[nH]c(=O)c2ccccc12)c1cccc(OC(F)F)c1. The van der Waals surface area contributed by atoms with Gasteiger partial charge in [-0.25, -0.2) is 5.10 Å². The largest absolute Gasteiger partial charge is 0.435 e. The number of hydrogen-bond acceptors (Lipinski definition) is 5. The predicted molar refractivity (Wildman–Crippen MR) is 90.4 cm³/mol. The van der Waals surface area contributed by atoms with E-state index in [2.05, 4.69) is 25.8 Å². The molecular formula is C17H12F2N4O4. The molecule has 8 nitrogen and oxygen atoms in total. The number of halogens is 2. The fourth-order valence-electron chi connectivity index (χ4n) is 2.35. The maximum absolute atomic E-state index is 12.3. The Hall–Kier alpha value is -3.82. The minimum atomic E-state index is -3.03. The number of amides is 2. The van der Waals surface area contributed by atoms with Gasteiger partial charge in [-0.15, -0.1) is 0 Å². The molecule has 0 saturated heterocycles. The zero-order chi connectivity index (χ0) is 19.4. The fourth-order valence-corrected chi connectivity index (χ4v) is 2.35. The standard InChI is InChI=1S/C17H12F2N4O4/c18-17(19)27-10-5-3-4-9(8-10)14(24)21-23-16(26)13-11-6-1-2-7-12(11)15(25)22-20-13/h1-8,17H,(H,21,24)(H,22,25)(H,23,26). The number of hydrogen-bond donors (Lipinski definition) is 3. The van der Waals surface area contributed by atoms with Crippen LogP contribution >= 0.6 is 0 Å². The Labute approximate surface area is 150 Å². The second-order valence-corrected chi connectivity index (χ2v) is 5.26. The van der Waals surface area contributed by atoms with Crippen LogP contribution in [0.25, 0.3) is 10.8 Å². The number of carbonyl (C=O) groups excluding carboxylic acids is 2. The molecular weight excluding hydrogens is 362 g/mol. The lowest BCUT2D eigenvalue weighted by molar-refractivity contribution is -0.0498. The van der Waals surface area contributed by atoms with Crippen LogP contribution in [0, 0.1) is 0 Å². The Morgan fingerprint density at radius 2 is 1.70 bits per heavy atom. The molecule has 3 aromatic rings. The molecule has 138 valence electrons. The average molecular weight is 374 g/mol. The molecule has 0 bridgehead atoms. The molecule has 0 atom stereocenters. The van der Waals surface area contributed by atoms with Crippen LogP contribution in [0.2, 0.25) is 0 Å². The number of aromatic amines is 1. The molecule has 0 aliphatic rings. The maximum atomic E-state index is 12.3. The lowest BCUT2D eigenvalue weighted by Gasteiger charge is -2.09. The fraction of sp³-hybridized carbons (Fsp3) is 0.0588. The molecule has 1 heterocycles. The van der Waals surface area contributed by atoms with E-state index in [-0.39, 0.29) is 22.4 Å². The van der Waals surface area contributed by atoms with E-state index in [1.807, 2.05) is 0 Å².